The maximum atomic E-state index is 8.94. The van der Waals surface area contributed by atoms with Crippen molar-refractivity contribution in [1.29, 1.82) is 0 Å². The van der Waals surface area contributed by atoms with Crippen molar-refractivity contribution in [1.82, 2.24) is 5.16 Å². The molecule has 1 aromatic rings. The van der Waals surface area contributed by atoms with E-state index in [1.54, 1.807) is 6.20 Å². The van der Waals surface area contributed by atoms with E-state index in [2.05, 4.69) is 5.16 Å². The minimum Gasteiger partial charge on any atom is -0.395 e. The molecular formula is C7H9NO2. The number of aliphatic hydroxyl groups excluding tert-OH is 1. The quantitative estimate of drug-likeness (QED) is 0.656. The lowest BCUT2D eigenvalue weighted by molar-refractivity contribution is 0.226. The van der Waals surface area contributed by atoms with Crippen LogP contribution in [0.15, 0.2) is 16.8 Å². The maximum Gasteiger partial charge on any atom is 0.145 e. The fraction of sp³-hybridized carbons (Fsp3) is 0.571. The standard InChI is InChI=1S/C7H9NO2/c9-5-7(2-3-7)6-1-4-8-10-6/h1,4,9H,2-3,5H2. The van der Waals surface area contributed by atoms with Crippen molar-refractivity contribution in [3.05, 3.63) is 18.0 Å². The third kappa shape index (κ3) is 0.671. The normalized spacial score (nSPS) is 20.9. The van der Waals surface area contributed by atoms with Crippen LogP contribution in [0.25, 0.3) is 0 Å². The second-order valence-electron chi connectivity index (χ2n) is 2.82. The average molecular weight is 139 g/mol. The first-order valence-corrected chi connectivity index (χ1v) is 3.39. The molecule has 54 valence electrons. The van der Waals surface area contributed by atoms with Crippen molar-refractivity contribution in [3.63, 3.8) is 0 Å². The van der Waals surface area contributed by atoms with Gasteiger partial charge in [0.15, 0.2) is 0 Å². The zero-order chi connectivity index (χ0) is 7.03. The number of aliphatic hydroxyl groups is 1. The van der Waals surface area contributed by atoms with Crippen LogP contribution in [0.1, 0.15) is 18.6 Å². The summed E-state index contributed by atoms with van der Waals surface area (Å²) in [5.74, 6) is 0.829. The van der Waals surface area contributed by atoms with Crippen molar-refractivity contribution in [3.8, 4) is 0 Å². The van der Waals surface area contributed by atoms with Gasteiger partial charge in [0.1, 0.15) is 5.76 Å². The summed E-state index contributed by atoms with van der Waals surface area (Å²) in [6.45, 7) is 0.183. The van der Waals surface area contributed by atoms with Crippen LogP contribution in [0.4, 0.5) is 0 Å². The van der Waals surface area contributed by atoms with Gasteiger partial charge in [-0.05, 0) is 12.8 Å². The molecule has 0 aliphatic heterocycles. The Labute approximate surface area is 58.6 Å². The number of hydrogen-bond donors (Lipinski definition) is 1. The molecule has 1 saturated carbocycles. The van der Waals surface area contributed by atoms with E-state index in [-0.39, 0.29) is 12.0 Å². The van der Waals surface area contributed by atoms with Crippen molar-refractivity contribution in [2.24, 2.45) is 0 Å². The lowest BCUT2D eigenvalue weighted by atomic mass is 10.1. The molecule has 0 radical (unpaired) electrons. The molecule has 1 heterocycles. The summed E-state index contributed by atoms with van der Waals surface area (Å²) in [5, 5.41) is 12.5. The zero-order valence-corrected chi connectivity index (χ0v) is 5.58. The van der Waals surface area contributed by atoms with Crippen molar-refractivity contribution in [2.45, 2.75) is 18.3 Å². The predicted molar refractivity (Wildman–Crippen MR) is 34.5 cm³/mol. The average Bonchev–Trinajstić information content (AvgIpc) is 2.58. The molecule has 0 spiro atoms. The Morgan fingerprint density at radius 2 is 2.50 bits per heavy atom. The van der Waals surface area contributed by atoms with Crippen LogP contribution in [0, 0.1) is 0 Å². The van der Waals surface area contributed by atoms with Crippen LogP contribution in [0.3, 0.4) is 0 Å². The van der Waals surface area contributed by atoms with E-state index in [0.29, 0.717) is 0 Å². The molecule has 1 aromatic heterocycles. The number of hydrogen-bond acceptors (Lipinski definition) is 3. The lowest BCUT2D eigenvalue weighted by Crippen LogP contribution is -2.10. The number of aromatic nitrogens is 1. The van der Waals surface area contributed by atoms with Gasteiger partial charge in [-0.2, -0.15) is 0 Å². The topological polar surface area (TPSA) is 46.3 Å². The monoisotopic (exact) mass is 139 g/mol. The third-order valence-electron chi connectivity index (χ3n) is 2.12. The first-order chi connectivity index (χ1) is 4.87. The molecule has 10 heavy (non-hydrogen) atoms. The molecule has 0 bridgehead atoms. The highest BCUT2D eigenvalue weighted by Crippen LogP contribution is 2.47. The first kappa shape index (κ1) is 5.92. The van der Waals surface area contributed by atoms with Gasteiger partial charge in [0.2, 0.25) is 0 Å². The summed E-state index contributed by atoms with van der Waals surface area (Å²) in [7, 11) is 0. The van der Waals surface area contributed by atoms with Gasteiger partial charge >= 0.3 is 0 Å². The van der Waals surface area contributed by atoms with Crippen molar-refractivity contribution in [2.75, 3.05) is 6.61 Å². The fourth-order valence-corrected chi connectivity index (χ4v) is 1.12. The Morgan fingerprint density at radius 1 is 1.70 bits per heavy atom. The molecule has 0 saturated heterocycles. The molecular weight excluding hydrogens is 130 g/mol. The van der Waals surface area contributed by atoms with E-state index < -0.39 is 0 Å². The molecule has 2 rings (SSSR count). The van der Waals surface area contributed by atoms with Gasteiger partial charge in [0, 0.05) is 6.07 Å². The molecule has 0 atom stereocenters. The highest BCUT2D eigenvalue weighted by molar-refractivity contribution is 5.20. The van der Waals surface area contributed by atoms with Gasteiger partial charge in [-0.1, -0.05) is 5.16 Å². The summed E-state index contributed by atoms with van der Waals surface area (Å²) in [4.78, 5) is 0. The fourth-order valence-electron chi connectivity index (χ4n) is 1.12. The summed E-state index contributed by atoms with van der Waals surface area (Å²) < 4.78 is 4.94. The molecule has 0 amide bonds. The summed E-state index contributed by atoms with van der Waals surface area (Å²) in [5.41, 5.74) is -0.0590. The molecule has 0 unspecified atom stereocenters. The van der Waals surface area contributed by atoms with E-state index >= 15 is 0 Å². The van der Waals surface area contributed by atoms with Crippen LogP contribution >= 0.6 is 0 Å². The van der Waals surface area contributed by atoms with E-state index in [4.69, 9.17) is 9.63 Å². The van der Waals surface area contributed by atoms with Gasteiger partial charge in [0.25, 0.3) is 0 Å². The molecule has 1 N–H and O–H groups in total. The highest BCUT2D eigenvalue weighted by atomic mass is 16.5. The Balaban J connectivity index is 2.27. The van der Waals surface area contributed by atoms with Gasteiger partial charge in [0.05, 0.1) is 18.2 Å². The van der Waals surface area contributed by atoms with E-state index in [9.17, 15) is 0 Å². The van der Waals surface area contributed by atoms with Gasteiger partial charge in [-0.25, -0.2) is 0 Å². The summed E-state index contributed by atoms with van der Waals surface area (Å²) >= 11 is 0. The second-order valence-corrected chi connectivity index (χ2v) is 2.82. The van der Waals surface area contributed by atoms with Gasteiger partial charge in [-0.3, -0.25) is 0 Å². The number of rotatable bonds is 2. The molecule has 1 aliphatic rings. The van der Waals surface area contributed by atoms with Gasteiger partial charge in [-0.15, -0.1) is 0 Å². The Kier molecular flexibility index (Phi) is 1.08. The predicted octanol–water partition coefficient (Wildman–Crippen LogP) is 0.698. The minimum absolute atomic E-state index is 0.0590. The molecule has 3 heteroatoms. The summed E-state index contributed by atoms with van der Waals surface area (Å²) in [6.07, 6.45) is 3.67. The van der Waals surface area contributed by atoms with Gasteiger partial charge < -0.3 is 9.63 Å². The van der Waals surface area contributed by atoms with Crippen LogP contribution < -0.4 is 0 Å². The van der Waals surface area contributed by atoms with E-state index in [1.165, 1.54) is 0 Å². The maximum absolute atomic E-state index is 8.94. The third-order valence-corrected chi connectivity index (χ3v) is 2.12. The smallest absolute Gasteiger partial charge is 0.145 e. The van der Waals surface area contributed by atoms with E-state index in [0.717, 1.165) is 18.6 Å². The van der Waals surface area contributed by atoms with Crippen LogP contribution in [0.2, 0.25) is 0 Å². The largest absolute Gasteiger partial charge is 0.395 e. The zero-order valence-electron chi connectivity index (χ0n) is 5.58. The van der Waals surface area contributed by atoms with E-state index in [1.807, 2.05) is 6.07 Å². The molecule has 1 aliphatic carbocycles. The van der Waals surface area contributed by atoms with Crippen LogP contribution in [-0.2, 0) is 5.41 Å². The Morgan fingerprint density at radius 3 is 2.90 bits per heavy atom. The first-order valence-electron chi connectivity index (χ1n) is 3.39. The second kappa shape index (κ2) is 1.83. The SMILES string of the molecule is OCC1(c2ccno2)CC1. The van der Waals surface area contributed by atoms with Crippen LogP contribution in [0.5, 0.6) is 0 Å². The molecule has 0 aromatic carbocycles. The van der Waals surface area contributed by atoms with Crippen molar-refractivity contribution < 1.29 is 9.63 Å². The highest BCUT2D eigenvalue weighted by Gasteiger charge is 2.46. The van der Waals surface area contributed by atoms with Crippen LogP contribution in [-0.4, -0.2) is 16.9 Å². The summed E-state index contributed by atoms with van der Waals surface area (Å²) in [6, 6.07) is 1.82. The Hall–Kier alpha value is -0.830. The number of nitrogens with zero attached hydrogens (tertiary/aromatic N) is 1. The minimum atomic E-state index is -0.0590. The Bertz CT molecular complexity index is 214. The molecule has 3 nitrogen and oxygen atoms in total. The van der Waals surface area contributed by atoms with Crippen molar-refractivity contribution >= 4 is 0 Å². The lowest BCUT2D eigenvalue weighted by Gasteiger charge is -2.03. The molecule has 1 fully saturated rings.